The van der Waals surface area contributed by atoms with Gasteiger partial charge in [0, 0.05) is 23.8 Å². The van der Waals surface area contributed by atoms with E-state index >= 15 is 0 Å². The molecule has 0 saturated carbocycles. The fourth-order valence-electron chi connectivity index (χ4n) is 2.75. The second-order valence-corrected chi connectivity index (χ2v) is 7.22. The van der Waals surface area contributed by atoms with Crippen LogP contribution in [0.2, 0.25) is 5.02 Å². The highest BCUT2D eigenvalue weighted by molar-refractivity contribution is 7.99. The van der Waals surface area contributed by atoms with Gasteiger partial charge in [0.25, 0.3) is 5.56 Å². The molecule has 1 fully saturated rings. The van der Waals surface area contributed by atoms with Crippen LogP contribution in [0.25, 0.3) is 10.9 Å². The number of ether oxygens (including phenoxy) is 1. The lowest BCUT2D eigenvalue weighted by Gasteiger charge is -2.16. The lowest BCUT2D eigenvalue weighted by molar-refractivity contribution is 0.0937. The van der Waals surface area contributed by atoms with E-state index in [-0.39, 0.29) is 11.7 Å². The number of unbranched alkanes of at least 4 members (excludes halogenated alkanes) is 1. The normalized spacial score (nSPS) is 17.2. The van der Waals surface area contributed by atoms with Gasteiger partial charge in [-0.05, 0) is 37.5 Å². The van der Waals surface area contributed by atoms with Gasteiger partial charge in [-0.25, -0.2) is 4.98 Å². The maximum Gasteiger partial charge on any atom is 0.262 e. The summed E-state index contributed by atoms with van der Waals surface area (Å²) in [6.45, 7) is 1.27. The molecular weight excluding hydrogens is 346 g/mol. The van der Waals surface area contributed by atoms with E-state index in [1.165, 1.54) is 11.8 Å². The largest absolute Gasteiger partial charge is 0.376 e. The highest BCUT2D eigenvalue weighted by Crippen LogP contribution is 2.23. The van der Waals surface area contributed by atoms with Crippen molar-refractivity contribution in [2.45, 2.75) is 43.5 Å². The number of thioether (sulfide) groups is 1. The maximum absolute atomic E-state index is 12.9. The average molecular weight is 364 g/mol. The van der Waals surface area contributed by atoms with E-state index in [2.05, 4.69) is 11.1 Å². The second-order valence-electron chi connectivity index (χ2n) is 5.72. The third-order valence-electron chi connectivity index (χ3n) is 3.96. The summed E-state index contributed by atoms with van der Waals surface area (Å²) < 4.78 is 7.39. The van der Waals surface area contributed by atoms with Gasteiger partial charge >= 0.3 is 0 Å². The fraction of sp³-hybridized carbons (Fsp3) is 0.471. The van der Waals surface area contributed by atoms with E-state index in [0.717, 1.165) is 31.6 Å². The first kappa shape index (κ1) is 17.3. The molecule has 1 unspecified atom stereocenters. The van der Waals surface area contributed by atoms with Crippen molar-refractivity contribution in [2.24, 2.45) is 0 Å². The number of aromatic nitrogens is 2. The van der Waals surface area contributed by atoms with Crippen LogP contribution in [-0.4, -0.2) is 28.0 Å². The minimum atomic E-state index is -0.0602. The van der Waals surface area contributed by atoms with Gasteiger partial charge in [0.05, 0.1) is 29.6 Å². The Bertz CT molecular complexity index is 825. The monoisotopic (exact) mass is 363 g/mol. The Kier molecular flexibility index (Phi) is 5.77. The molecule has 1 aromatic heterocycles. The summed E-state index contributed by atoms with van der Waals surface area (Å²) in [7, 11) is 0. The summed E-state index contributed by atoms with van der Waals surface area (Å²) in [5.74, 6) is 0.748. The number of nitriles is 1. The number of fused-ring (bicyclic) bond motifs is 1. The van der Waals surface area contributed by atoms with Crippen LogP contribution in [0.15, 0.2) is 28.2 Å². The molecule has 0 spiro atoms. The molecule has 7 heteroatoms. The average Bonchev–Trinajstić information content (AvgIpc) is 3.08. The van der Waals surface area contributed by atoms with Gasteiger partial charge in [0.15, 0.2) is 5.16 Å². The Morgan fingerprint density at radius 1 is 1.50 bits per heavy atom. The minimum absolute atomic E-state index is 0.0602. The van der Waals surface area contributed by atoms with Crippen LogP contribution in [-0.2, 0) is 11.3 Å². The van der Waals surface area contributed by atoms with Crippen LogP contribution in [0.3, 0.4) is 0 Å². The Balaban J connectivity index is 1.96. The van der Waals surface area contributed by atoms with Gasteiger partial charge in [-0.1, -0.05) is 23.4 Å². The minimum Gasteiger partial charge on any atom is -0.376 e. The number of hydrogen-bond acceptors (Lipinski definition) is 5. The molecule has 0 amide bonds. The second kappa shape index (κ2) is 8.02. The van der Waals surface area contributed by atoms with Crippen LogP contribution >= 0.6 is 23.4 Å². The Hall–Kier alpha value is -1.55. The number of hydrogen-bond donors (Lipinski definition) is 0. The van der Waals surface area contributed by atoms with E-state index in [1.54, 1.807) is 22.8 Å². The van der Waals surface area contributed by atoms with Gasteiger partial charge in [-0.15, -0.1) is 0 Å². The van der Waals surface area contributed by atoms with Crippen LogP contribution in [0, 0.1) is 11.3 Å². The number of benzene rings is 1. The van der Waals surface area contributed by atoms with E-state index in [0.29, 0.717) is 34.0 Å². The molecule has 1 atom stereocenters. The molecule has 2 aromatic rings. The van der Waals surface area contributed by atoms with Crippen molar-refractivity contribution in [3.63, 3.8) is 0 Å². The molecule has 1 aliphatic heterocycles. The highest BCUT2D eigenvalue weighted by atomic mass is 35.5. The summed E-state index contributed by atoms with van der Waals surface area (Å²) in [4.78, 5) is 17.5. The third kappa shape index (κ3) is 3.92. The first-order valence-electron chi connectivity index (χ1n) is 8.00. The predicted molar refractivity (Wildman–Crippen MR) is 95.6 cm³/mol. The number of halogens is 1. The molecule has 2 heterocycles. The molecule has 0 bridgehead atoms. The van der Waals surface area contributed by atoms with Crippen molar-refractivity contribution in [1.82, 2.24) is 9.55 Å². The molecule has 0 aliphatic carbocycles. The molecule has 24 heavy (non-hydrogen) atoms. The molecular formula is C17H18ClN3O2S. The van der Waals surface area contributed by atoms with Crippen molar-refractivity contribution in [3.05, 3.63) is 33.6 Å². The first-order chi connectivity index (χ1) is 11.7. The quantitative estimate of drug-likeness (QED) is 0.445. The summed E-state index contributed by atoms with van der Waals surface area (Å²) >= 11 is 7.54. The SMILES string of the molecule is N#CCCCSc1nc2cc(Cl)ccc2c(=O)n1CC1CCCO1. The lowest BCUT2D eigenvalue weighted by Crippen LogP contribution is -2.28. The highest BCUT2D eigenvalue weighted by Gasteiger charge is 2.20. The molecule has 1 aromatic carbocycles. The van der Waals surface area contributed by atoms with Crippen LogP contribution in [0.5, 0.6) is 0 Å². The van der Waals surface area contributed by atoms with E-state index in [1.807, 2.05) is 0 Å². The van der Waals surface area contributed by atoms with Crippen LogP contribution in [0.4, 0.5) is 0 Å². The zero-order valence-electron chi connectivity index (χ0n) is 13.2. The smallest absolute Gasteiger partial charge is 0.262 e. The van der Waals surface area contributed by atoms with Crippen molar-refractivity contribution >= 4 is 34.3 Å². The Morgan fingerprint density at radius 2 is 2.38 bits per heavy atom. The van der Waals surface area contributed by atoms with E-state index in [4.69, 9.17) is 21.6 Å². The van der Waals surface area contributed by atoms with Gasteiger partial charge in [-0.2, -0.15) is 5.26 Å². The summed E-state index contributed by atoms with van der Waals surface area (Å²) in [5.41, 5.74) is 0.550. The summed E-state index contributed by atoms with van der Waals surface area (Å²) in [6.07, 6.45) is 3.32. The van der Waals surface area contributed by atoms with Crippen LogP contribution in [0.1, 0.15) is 25.7 Å². The van der Waals surface area contributed by atoms with Gasteiger partial charge in [0.2, 0.25) is 0 Å². The maximum atomic E-state index is 12.9. The van der Waals surface area contributed by atoms with Gasteiger partial charge < -0.3 is 4.74 Å². The van der Waals surface area contributed by atoms with Crippen molar-refractivity contribution in [2.75, 3.05) is 12.4 Å². The summed E-state index contributed by atoms with van der Waals surface area (Å²) in [6, 6.07) is 7.29. The molecule has 1 aliphatic rings. The molecule has 0 N–H and O–H groups in total. The van der Waals surface area contributed by atoms with Crippen molar-refractivity contribution in [1.29, 1.82) is 5.26 Å². The van der Waals surface area contributed by atoms with Crippen molar-refractivity contribution in [3.8, 4) is 6.07 Å². The fourth-order valence-corrected chi connectivity index (χ4v) is 3.87. The zero-order chi connectivity index (χ0) is 16.9. The molecule has 5 nitrogen and oxygen atoms in total. The van der Waals surface area contributed by atoms with E-state index < -0.39 is 0 Å². The van der Waals surface area contributed by atoms with Gasteiger partial charge in [-0.3, -0.25) is 9.36 Å². The predicted octanol–water partition coefficient (Wildman–Crippen LogP) is 3.62. The Morgan fingerprint density at radius 3 is 3.12 bits per heavy atom. The van der Waals surface area contributed by atoms with Gasteiger partial charge in [0.1, 0.15) is 0 Å². The molecule has 126 valence electrons. The standard InChI is InChI=1S/C17H18ClN3O2S/c18-12-5-6-14-15(10-12)20-17(24-9-2-1-7-19)21(16(14)22)11-13-4-3-8-23-13/h5-6,10,13H,1-4,8-9,11H2. The van der Waals surface area contributed by atoms with Crippen LogP contribution < -0.4 is 5.56 Å². The molecule has 1 saturated heterocycles. The first-order valence-corrected chi connectivity index (χ1v) is 9.37. The molecule has 0 radical (unpaired) electrons. The van der Waals surface area contributed by atoms with Crippen molar-refractivity contribution < 1.29 is 4.74 Å². The number of rotatable bonds is 6. The lowest BCUT2D eigenvalue weighted by atomic mass is 10.2. The summed E-state index contributed by atoms with van der Waals surface area (Å²) in [5, 5.41) is 10.5. The topological polar surface area (TPSA) is 67.9 Å². The number of nitrogens with zero attached hydrogens (tertiary/aromatic N) is 3. The zero-order valence-corrected chi connectivity index (χ0v) is 14.8. The van der Waals surface area contributed by atoms with E-state index in [9.17, 15) is 4.79 Å². The Labute approximate surface area is 149 Å². The third-order valence-corrected chi connectivity index (χ3v) is 5.25. The molecule has 3 rings (SSSR count).